The minimum atomic E-state index is 0.0589. The number of phenolic OH excluding ortho intramolecular Hbond substituents is 1. The fourth-order valence-corrected chi connectivity index (χ4v) is 4.26. The van der Waals surface area contributed by atoms with E-state index in [0.29, 0.717) is 28.7 Å². The highest BCUT2D eigenvalue weighted by Crippen LogP contribution is 2.42. The second-order valence-corrected chi connectivity index (χ2v) is 9.73. The summed E-state index contributed by atoms with van der Waals surface area (Å²) in [6.45, 7) is 6.58. The Morgan fingerprint density at radius 2 is 1.37 bits per heavy atom. The summed E-state index contributed by atoms with van der Waals surface area (Å²) in [7, 11) is 6.28. The van der Waals surface area contributed by atoms with E-state index in [9.17, 15) is 5.11 Å². The van der Waals surface area contributed by atoms with Gasteiger partial charge in [-0.1, -0.05) is 45.1 Å². The number of hydrogen-bond acceptors (Lipinski definition) is 7. The van der Waals surface area contributed by atoms with Gasteiger partial charge in [0, 0.05) is 10.5 Å². The highest BCUT2D eigenvalue weighted by molar-refractivity contribution is 8.00. The fraction of sp³-hybridized carbons (Fsp3) is 0.286. The number of aromatic hydroxyl groups is 1. The molecule has 7 heteroatoms. The molecule has 2 N–H and O–H groups in total. The molecule has 3 aromatic rings. The van der Waals surface area contributed by atoms with Crippen LogP contribution >= 0.6 is 11.9 Å². The van der Waals surface area contributed by atoms with Crippen LogP contribution in [0.4, 0.5) is 5.69 Å². The number of phenols is 1. The third-order valence-electron chi connectivity index (χ3n) is 5.51. The van der Waals surface area contributed by atoms with Gasteiger partial charge >= 0.3 is 0 Å². The van der Waals surface area contributed by atoms with E-state index in [1.807, 2.05) is 30.4 Å². The Kier molecular flexibility index (Phi) is 8.46. The van der Waals surface area contributed by atoms with Crippen molar-refractivity contribution in [1.82, 2.24) is 0 Å². The number of methoxy groups -OCH3 is 4. The van der Waals surface area contributed by atoms with Crippen LogP contribution in [0.15, 0.2) is 53.4 Å². The van der Waals surface area contributed by atoms with E-state index in [2.05, 4.69) is 49.8 Å². The first-order chi connectivity index (χ1) is 16.7. The predicted molar refractivity (Wildman–Crippen MR) is 144 cm³/mol. The molecule has 0 saturated heterocycles. The molecule has 0 fully saturated rings. The molecule has 3 aromatic carbocycles. The summed E-state index contributed by atoms with van der Waals surface area (Å²) in [4.78, 5) is 1.04. The highest BCUT2D eigenvalue weighted by Gasteiger charge is 2.16. The molecule has 0 aliphatic rings. The number of rotatable bonds is 9. The van der Waals surface area contributed by atoms with Crippen LogP contribution in [0.5, 0.6) is 28.7 Å². The molecule has 0 bridgehead atoms. The maximum Gasteiger partial charge on any atom is 0.203 e. The topological polar surface area (TPSA) is 69.2 Å². The zero-order valence-electron chi connectivity index (χ0n) is 21.3. The lowest BCUT2D eigenvalue weighted by atomic mass is 9.87. The van der Waals surface area contributed by atoms with Crippen molar-refractivity contribution in [2.75, 3.05) is 33.2 Å². The van der Waals surface area contributed by atoms with Gasteiger partial charge in [-0.2, -0.15) is 0 Å². The van der Waals surface area contributed by atoms with Gasteiger partial charge in [0.15, 0.2) is 23.0 Å². The molecule has 0 aliphatic carbocycles. The molecule has 3 rings (SSSR count). The van der Waals surface area contributed by atoms with Crippen molar-refractivity contribution < 1.29 is 24.1 Å². The number of benzene rings is 3. The van der Waals surface area contributed by atoms with E-state index >= 15 is 0 Å². The summed E-state index contributed by atoms with van der Waals surface area (Å²) in [5, 5.41) is 10.4. The lowest BCUT2D eigenvalue weighted by Gasteiger charge is -2.19. The minimum Gasteiger partial charge on any atom is -0.504 e. The Hall–Kier alpha value is -3.45. The van der Waals surface area contributed by atoms with Gasteiger partial charge < -0.3 is 28.8 Å². The van der Waals surface area contributed by atoms with E-state index in [4.69, 9.17) is 18.9 Å². The van der Waals surface area contributed by atoms with Crippen molar-refractivity contribution in [3.8, 4) is 28.7 Å². The van der Waals surface area contributed by atoms with Gasteiger partial charge in [-0.15, -0.1) is 0 Å². The first-order valence-electron chi connectivity index (χ1n) is 11.1. The molecule has 0 radical (unpaired) electrons. The van der Waals surface area contributed by atoms with Crippen LogP contribution in [0.2, 0.25) is 0 Å². The molecule has 0 unspecified atom stereocenters. The summed E-state index contributed by atoms with van der Waals surface area (Å²) < 4.78 is 25.2. The van der Waals surface area contributed by atoms with Crippen molar-refractivity contribution in [3.63, 3.8) is 0 Å². The van der Waals surface area contributed by atoms with Crippen LogP contribution in [0.3, 0.4) is 0 Å². The summed E-state index contributed by atoms with van der Waals surface area (Å²) >= 11 is 1.45. The average Bonchev–Trinajstić information content (AvgIpc) is 2.85. The molecule has 0 spiro atoms. The zero-order chi connectivity index (χ0) is 25.6. The molecular weight excluding hydrogens is 462 g/mol. The summed E-state index contributed by atoms with van der Waals surface area (Å²) in [5.74, 6) is 2.11. The molecule has 0 saturated carbocycles. The lowest BCUT2D eigenvalue weighted by molar-refractivity contribution is 0.324. The predicted octanol–water partition coefficient (Wildman–Crippen LogP) is 7.01. The van der Waals surface area contributed by atoms with E-state index in [-0.39, 0.29) is 11.2 Å². The van der Waals surface area contributed by atoms with Gasteiger partial charge in [-0.3, -0.25) is 0 Å². The van der Waals surface area contributed by atoms with Gasteiger partial charge in [-0.05, 0) is 64.9 Å². The van der Waals surface area contributed by atoms with E-state index < -0.39 is 0 Å². The number of ether oxygens (including phenoxy) is 4. The zero-order valence-corrected chi connectivity index (χ0v) is 22.1. The Labute approximate surface area is 212 Å². The van der Waals surface area contributed by atoms with Gasteiger partial charge in [0.05, 0.1) is 34.1 Å². The summed E-state index contributed by atoms with van der Waals surface area (Å²) in [6.07, 6.45) is 3.87. The second-order valence-electron chi connectivity index (χ2n) is 8.85. The standard InChI is InChI=1S/C28H33NO5S/c1-28(2,3)20-11-13-21(14-12-20)35-29-25-19(10-15-22(30)26(25)33-6)9-8-18-16-23(31-4)27(34-7)24(17-18)32-5/h8-17,29-30H,1-7H3/b9-8-. The van der Waals surface area contributed by atoms with Crippen molar-refractivity contribution in [3.05, 3.63) is 65.2 Å². The van der Waals surface area contributed by atoms with E-state index in [1.165, 1.54) is 24.6 Å². The molecule has 0 amide bonds. The quantitative estimate of drug-likeness (QED) is 0.244. The summed E-state index contributed by atoms with van der Waals surface area (Å²) in [5.41, 5.74) is 3.73. The van der Waals surface area contributed by atoms with Gasteiger partial charge in [0.1, 0.15) is 0 Å². The Balaban J connectivity index is 1.92. The average molecular weight is 496 g/mol. The van der Waals surface area contributed by atoms with Crippen LogP contribution in [-0.4, -0.2) is 33.5 Å². The molecule has 0 aromatic heterocycles. The second kappa shape index (κ2) is 11.3. The van der Waals surface area contributed by atoms with Crippen molar-refractivity contribution in [2.45, 2.75) is 31.1 Å². The molecule has 6 nitrogen and oxygen atoms in total. The van der Waals surface area contributed by atoms with Crippen LogP contribution in [0.25, 0.3) is 12.2 Å². The van der Waals surface area contributed by atoms with Crippen LogP contribution in [0.1, 0.15) is 37.5 Å². The normalized spacial score (nSPS) is 11.4. The Morgan fingerprint density at radius 3 is 1.89 bits per heavy atom. The smallest absolute Gasteiger partial charge is 0.203 e. The number of hydrogen-bond donors (Lipinski definition) is 2. The van der Waals surface area contributed by atoms with Crippen LogP contribution in [-0.2, 0) is 5.41 Å². The van der Waals surface area contributed by atoms with Gasteiger partial charge in [-0.25, -0.2) is 0 Å². The lowest BCUT2D eigenvalue weighted by Crippen LogP contribution is -2.10. The largest absolute Gasteiger partial charge is 0.504 e. The molecule has 0 aliphatic heterocycles. The maximum atomic E-state index is 10.4. The van der Waals surface area contributed by atoms with Crippen LogP contribution in [0, 0.1) is 0 Å². The third-order valence-corrected chi connectivity index (χ3v) is 6.32. The van der Waals surface area contributed by atoms with Gasteiger partial charge in [0.25, 0.3) is 0 Å². The van der Waals surface area contributed by atoms with E-state index in [0.717, 1.165) is 16.0 Å². The van der Waals surface area contributed by atoms with Crippen molar-refractivity contribution in [2.24, 2.45) is 0 Å². The number of anilines is 1. The number of nitrogens with one attached hydrogen (secondary N) is 1. The molecule has 35 heavy (non-hydrogen) atoms. The monoisotopic (exact) mass is 495 g/mol. The summed E-state index contributed by atoms with van der Waals surface area (Å²) in [6, 6.07) is 15.6. The SMILES string of the molecule is COc1cc(/C=C\c2ccc(O)c(OC)c2NSc2ccc(C(C)(C)C)cc2)cc(OC)c1OC. The first kappa shape index (κ1) is 26.2. The van der Waals surface area contributed by atoms with E-state index in [1.54, 1.807) is 27.4 Å². The third kappa shape index (κ3) is 6.17. The van der Waals surface area contributed by atoms with Gasteiger partial charge in [0.2, 0.25) is 5.75 Å². The molecular formula is C28H33NO5S. The Morgan fingerprint density at radius 1 is 0.771 bits per heavy atom. The molecule has 0 atom stereocenters. The van der Waals surface area contributed by atoms with Crippen molar-refractivity contribution >= 4 is 29.8 Å². The van der Waals surface area contributed by atoms with Crippen molar-refractivity contribution in [1.29, 1.82) is 0 Å². The minimum absolute atomic E-state index is 0.0589. The fourth-order valence-electron chi connectivity index (χ4n) is 3.55. The van der Waals surface area contributed by atoms with Crippen LogP contribution < -0.4 is 23.7 Å². The molecule has 186 valence electrons. The highest BCUT2D eigenvalue weighted by atomic mass is 32.2. The Bertz CT molecular complexity index is 1160. The maximum absolute atomic E-state index is 10.4. The molecule has 0 heterocycles. The first-order valence-corrected chi connectivity index (χ1v) is 11.9.